The lowest BCUT2D eigenvalue weighted by molar-refractivity contribution is -0.158. The van der Waals surface area contributed by atoms with Gasteiger partial charge in [0.15, 0.2) is 6.73 Å². The second-order valence-electron chi connectivity index (χ2n) is 11.9. The van der Waals surface area contributed by atoms with Crippen molar-refractivity contribution in [1.82, 2.24) is 9.47 Å². The molecule has 0 unspecified atom stereocenters. The second-order valence-corrected chi connectivity index (χ2v) is 12.8. The fourth-order valence-corrected chi connectivity index (χ4v) is 6.43. The third-order valence-corrected chi connectivity index (χ3v) is 9.20. The van der Waals surface area contributed by atoms with Crippen molar-refractivity contribution in [3.05, 3.63) is 70.3 Å². The first-order valence-corrected chi connectivity index (χ1v) is 16.1. The standard InChI is InChI=1S/C34H43N3O4S/c1-4-5-16-34(2,3)33(39)41-25-37-30-24-27(13-11-26(30)12-14-32(37)38)40-22-7-6-17-35-18-20-36(21-19-35)29-9-8-10-31-28(29)15-23-42-31/h8-15,23-24H,4-7,16-22,25H2,1-3H3. The summed E-state index contributed by atoms with van der Waals surface area (Å²) in [6.07, 6.45) is 4.77. The quantitative estimate of drug-likeness (QED) is 0.125. The summed E-state index contributed by atoms with van der Waals surface area (Å²) in [5.74, 6) is 0.432. The number of carbonyl (C=O) groups excluding carboxylic acids is 1. The molecule has 42 heavy (non-hydrogen) atoms. The molecule has 0 amide bonds. The van der Waals surface area contributed by atoms with Crippen molar-refractivity contribution in [3.63, 3.8) is 0 Å². The second kappa shape index (κ2) is 13.7. The number of unbranched alkanes of at least 4 members (excludes halogenated alkanes) is 2. The highest BCUT2D eigenvalue weighted by Gasteiger charge is 2.28. The molecule has 0 bridgehead atoms. The van der Waals surface area contributed by atoms with Crippen LogP contribution in [0.5, 0.6) is 5.75 Å². The minimum Gasteiger partial charge on any atom is -0.494 e. The highest BCUT2D eigenvalue weighted by Crippen LogP contribution is 2.31. The van der Waals surface area contributed by atoms with Gasteiger partial charge < -0.3 is 14.4 Å². The Morgan fingerprint density at radius 1 is 0.976 bits per heavy atom. The Labute approximate surface area is 252 Å². The minimum atomic E-state index is -0.579. The summed E-state index contributed by atoms with van der Waals surface area (Å²) in [5, 5.41) is 4.44. The summed E-state index contributed by atoms with van der Waals surface area (Å²) in [5.41, 5.74) is 1.28. The van der Waals surface area contributed by atoms with E-state index in [1.165, 1.54) is 26.4 Å². The van der Waals surface area contributed by atoms with E-state index in [2.05, 4.69) is 46.4 Å². The molecule has 7 nitrogen and oxygen atoms in total. The molecule has 8 heteroatoms. The molecule has 3 heterocycles. The Kier molecular flexibility index (Phi) is 9.85. The maximum absolute atomic E-state index is 12.7. The molecule has 2 aromatic heterocycles. The van der Waals surface area contributed by atoms with Crippen LogP contribution in [-0.4, -0.2) is 54.8 Å². The summed E-state index contributed by atoms with van der Waals surface area (Å²) in [6, 6.07) is 17.9. The van der Waals surface area contributed by atoms with Crippen LogP contribution in [0.1, 0.15) is 52.9 Å². The summed E-state index contributed by atoms with van der Waals surface area (Å²) in [6.45, 7) is 11.7. The molecule has 0 radical (unpaired) electrons. The lowest BCUT2D eigenvalue weighted by atomic mass is 9.87. The van der Waals surface area contributed by atoms with E-state index in [9.17, 15) is 9.59 Å². The zero-order chi connectivity index (χ0) is 29.5. The molecule has 0 aliphatic carbocycles. The van der Waals surface area contributed by atoms with Gasteiger partial charge in [0, 0.05) is 54.1 Å². The average molecular weight is 590 g/mol. The monoisotopic (exact) mass is 589 g/mol. The summed E-state index contributed by atoms with van der Waals surface area (Å²) >= 11 is 1.81. The largest absolute Gasteiger partial charge is 0.494 e. The van der Waals surface area contributed by atoms with Crippen molar-refractivity contribution < 1.29 is 14.3 Å². The Morgan fingerprint density at radius 2 is 1.79 bits per heavy atom. The topological polar surface area (TPSA) is 64.0 Å². The molecule has 1 aliphatic heterocycles. The molecule has 0 atom stereocenters. The number of aromatic nitrogens is 1. The number of benzene rings is 2. The van der Waals surface area contributed by atoms with E-state index in [0.717, 1.165) is 70.2 Å². The van der Waals surface area contributed by atoms with Gasteiger partial charge in [-0.25, -0.2) is 0 Å². The first kappa shape index (κ1) is 30.1. The van der Waals surface area contributed by atoms with Crippen LogP contribution < -0.4 is 15.2 Å². The molecule has 4 aromatic rings. The number of esters is 1. The van der Waals surface area contributed by atoms with Crippen LogP contribution >= 0.6 is 11.3 Å². The van der Waals surface area contributed by atoms with Crippen LogP contribution in [0.15, 0.2) is 64.8 Å². The number of anilines is 1. The predicted octanol–water partition coefficient (Wildman–Crippen LogP) is 6.91. The molecular weight excluding hydrogens is 546 g/mol. The van der Waals surface area contributed by atoms with Crippen molar-refractivity contribution in [2.45, 2.75) is 59.6 Å². The molecule has 224 valence electrons. The zero-order valence-corrected chi connectivity index (χ0v) is 26.0. The third-order valence-electron chi connectivity index (χ3n) is 8.32. The summed E-state index contributed by atoms with van der Waals surface area (Å²) < 4.78 is 14.6. The number of carbonyl (C=O) groups is 1. The molecule has 1 fully saturated rings. The SMILES string of the molecule is CCCCC(C)(C)C(=O)OCn1c(=O)ccc2ccc(OCCCCN3CCN(c4cccc5sccc45)CC3)cc21. The molecule has 0 N–H and O–H groups in total. The molecule has 1 saturated heterocycles. The fourth-order valence-electron chi connectivity index (χ4n) is 5.62. The number of fused-ring (bicyclic) bond motifs is 2. The van der Waals surface area contributed by atoms with Crippen LogP contribution in [0, 0.1) is 5.41 Å². The Morgan fingerprint density at radius 3 is 2.60 bits per heavy atom. The number of piperazine rings is 1. The van der Waals surface area contributed by atoms with Gasteiger partial charge in [0.1, 0.15) is 5.75 Å². The molecule has 2 aromatic carbocycles. The van der Waals surface area contributed by atoms with E-state index in [1.807, 2.05) is 32.0 Å². The molecule has 5 rings (SSSR count). The number of nitrogens with zero attached hydrogens (tertiary/aromatic N) is 3. The number of ether oxygens (including phenoxy) is 2. The van der Waals surface area contributed by atoms with E-state index in [0.29, 0.717) is 17.9 Å². The lowest BCUT2D eigenvalue weighted by Crippen LogP contribution is -2.46. The van der Waals surface area contributed by atoms with Crippen molar-refractivity contribution in [3.8, 4) is 5.75 Å². The van der Waals surface area contributed by atoms with E-state index >= 15 is 0 Å². The summed E-state index contributed by atoms with van der Waals surface area (Å²) in [7, 11) is 0. The number of hydrogen-bond acceptors (Lipinski definition) is 7. The van der Waals surface area contributed by atoms with E-state index in [-0.39, 0.29) is 18.3 Å². The Bertz CT molecular complexity index is 1550. The first-order valence-electron chi connectivity index (χ1n) is 15.2. The Balaban J connectivity index is 1.09. The van der Waals surface area contributed by atoms with Crippen LogP contribution in [0.2, 0.25) is 0 Å². The maximum atomic E-state index is 12.7. The van der Waals surface area contributed by atoms with Crippen molar-refractivity contribution in [2.24, 2.45) is 5.41 Å². The zero-order valence-electron chi connectivity index (χ0n) is 25.1. The number of rotatable bonds is 13. The highest BCUT2D eigenvalue weighted by molar-refractivity contribution is 7.17. The lowest BCUT2D eigenvalue weighted by Gasteiger charge is -2.36. The van der Waals surface area contributed by atoms with Crippen LogP contribution in [0.25, 0.3) is 21.0 Å². The van der Waals surface area contributed by atoms with Crippen molar-refractivity contribution >= 4 is 44.0 Å². The first-order chi connectivity index (χ1) is 20.4. The number of thiophene rings is 1. The van der Waals surface area contributed by atoms with E-state index in [4.69, 9.17) is 9.47 Å². The van der Waals surface area contributed by atoms with Crippen LogP contribution in [0.3, 0.4) is 0 Å². The smallest absolute Gasteiger partial charge is 0.313 e. The van der Waals surface area contributed by atoms with Gasteiger partial charge in [0.05, 0.1) is 17.5 Å². The fraction of sp³-hybridized carbons (Fsp3) is 0.471. The Hall–Kier alpha value is -3.36. The van der Waals surface area contributed by atoms with Crippen molar-refractivity contribution in [1.29, 1.82) is 0 Å². The molecule has 0 saturated carbocycles. The van der Waals surface area contributed by atoms with Gasteiger partial charge in [-0.15, -0.1) is 11.3 Å². The van der Waals surface area contributed by atoms with Gasteiger partial charge in [-0.3, -0.25) is 19.1 Å². The highest BCUT2D eigenvalue weighted by atomic mass is 32.1. The van der Waals surface area contributed by atoms with Gasteiger partial charge in [-0.1, -0.05) is 25.8 Å². The van der Waals surface area contributed by atoms with Gasteiger partial charge in [0.25, 0.3) is 5.56 Å². The maximum Gasteiger partial charge on any atom is 0.313 e. The molecular formula is C34H43N3O4S. The predicted molar refractivity (Wildman–Crippen MR) is 173 cm³/mol. The minimum absolute atomic E-state index is 0.107. The van der Waals surface area contributed by atoms with Crippen LogP contribution in [-0.2, 0) is 16.3 Å². The normalized spacial score (nSPS) is 14.5. The summed E-state index contributed by atoms with van der Waals surface area (Å²) in [4.78, 5) is 30.5. The third kappa shape index (κ3) is 7.16. The van der Waals surface area contributed by atoms with Gasteiger partial charge in [0.2, 0.25) is 0 Å². The van der Waals surface area contributed by atoms with Gasteiger partial charge in [-0.2, -0.15) is 0 Å². The van der Waals surface area contributed by atoms with E-state index in [1.54, 1.807) is 17.4 Å². The van der Waals surface area contributed by atoms with Crippen molar-refractivity contribution in [2.75, 3.05) is 44.2 Å². The molecule has 0 spiro atoms. The number of hydrogen-bond donors (Lipinski definition) is 0. The molecule has 1 aliphatic rings. The van der Waals surface area contributed by atoms with E-state index < -0.39 is 5.41 Å². The van der Waals surface area contributed by atoms with Gasteiger partial charge in [-0.05, 0) is 86.8 Å². The number of pyridine rings is 1. The van der Waals surface area contributed by atoms with Gasteiger partial charge >= 0.3 is 5.97 Å². The average Bonchev–Trinajstić information content (AvgIpc) is 3.49. The van der Waals surface area contributed by atoms with Crippen LogP contribution in [0.4, 0.5) is 5.69 Å².